The Morgan fingerprint density at radius 1 is 0.914 bits per heavy atom. The van der Waals surface area contributed by atoms with Gasteiger partial charge in [0.25, 0.3) is 0 Å². The maximum absolute atomic E-state index is 12.3. The van der Waals surface area contributed by atoms with Gasteiger partial charge < -0.3 is 14.9 Å². The lowest BCUT2D eigenvalue weighted by molar-refractivity contribution is -0.154. The van der Waals surface area contributed by atoms with Crippen molar-refractivity contribution >= 4 is 5.97 Å². The number of ether oxygens (including phenoxy) is 1. The molecule has 0 aliphatic heterocycles. The molecule has 0 aromatic rings. The minimum absolute atomic E-state index is 0.0636. The van der Waals surface area contributed by atoms with Gasteiger partial charge in [0.15, 0.2) is 0 Å². The molecule has 2 rings (SSSR count). The fourth-order valence-corrected chi connectivity index (χ4v) is 6.80. The zero-order chi connectivity index (χ0) is 25.7. The molecule has 0 aromatic heterocycles. The predicted molar refractivity (Wildman–Crippen MR) is 145 cm³/mol. The highest BCUT2D eigenvalue weighted by molar-refractivity contribution is 5.69. The number of carbonyl (C=O) groups is 1. The fourth-order valence-electron chi connectivity index (χ4n) is 6.80. The van der Waals surface area contributed by atoms with Crippen molar-refractivity contribution in [3.63, 3.8) is 0 Å². The molecule has 0 saturated heterocycles. The largest absolute Gasteiger partial charge is 0.463 e. The Kier molecular flexibility index (Phi) is 13.6. The van der Waals surface area contributed by atoms with Gasteiger partial charge in [0, 0.05) is 6.42 Å². The molecule has 4 heteroatoms. The summed E-state index contributed by atoms with van der Waals surface area (Å²) in [5, 5.41) is 22.2. The average molecular weight is 495 g/mol. The number of rotatable bonds is 17. The number of hydrogen-bond donors (Lipinski definition) is 2. The van der Waals surface area contributed by atoms with Crippen molar-refractivity contribution in [3.8, 4) is 0 Å². The highest BCUT2D eigenvalue weighted by atomic mass is 16.5. The topological polar surface area (TPSA) is 66.8 Å². The molecule has 0 unspecified atom stereocenters. The van der Waals surface area contributed by atoms with Crippen LogP contribution in [0.5, 0.6) is 0 Å². The van der Waals surface area contributed by atoms with E-state index in [4.69, 9.17) is 4.74 Å². The normalized spacial score (nSPS) is 30.5. The van der Waals surface area contributed by atoms with Gasteiger partial charge in [-0.1, -0.05) is 97.3 Å². The molecule has 2 fully saturated rings. The van der Waals surface area contributed by atoms with Crippen LogP contribution in [0.3, 0.4) is 0 Å². The number of fused-ring (bicyclic) bond motifs is 1. The van der Waals surface area contributed by atoms with Gasteiger partial charge >= 0.3 is 5.97 Å². The van der Waals surface area contributed by atoms with Gasteiger partial charge in [-0.05, 0) is 69.6 Å². The lowest BCUT2D eigenvalue weighted by Gasteiger charge is -2.34. The van der Waals surface area contributed by atoms with Gasteiger partial charge in [0.05, 0.1) is 11.2 Å². The second-order valence-corrected chi connectivity index (χ2v) is 12.7. The van der Waals surface area contributed by atoms with Gasteiger partial charge in [0.2, 0.25) is 0 Å². The van der Waals surface area contributed by atoms with Crippen LogP contribution in [0.4, 0.5) is 0 Å². The molecule has 0 radical (unpaired) electrons. The molecule has 35 heavy (non-hydrogen) atoms. The van der Waals surface area contributed by atoms with Gasteiger partial charge in [-0.2, -0.15) is 0 Å². The first kappa shape index (κ1) is 30.6. The van der Waals surface area contributed by atoms with Crippen molar-refractivity contribution in [2.45, 2.75) is 161 Å². The standard InChI is InChI=1S/C31H58O4/c1-5-6-7-8-9-10-11-12-13-14-15-16-17-18-29(32)35-24-31(4,34)26-21-22-30(3,33)28-20-19-25(2)27(28)23-26/h25-28,33-34H,5-24H2,1-4H3/t25-,26+,27-,28+,30-,31-/m1/s1. The number of aliphatic hydroxyl groups is 2. The average Bonchev–Trinajstić information content (AvgIpc) is 3.12. The van der Waals surface area contributed by atoms with Crippen molar-refractivity contribution in [3.05, 3.63) is 0 Å². The molecule has 0 bridgehead atoms. The Morgan fingerprint density at radius 2 is 1.46 bits per heavy atom. The molecule has 2 aliphatic carbocycles. The van der Waals surface area contributed by atoms with Crippen LogP contribution in [-0.2, 0) is 9.53 Å². The first-order valence-electron chi connectivity index (χ1n) is 15.3. The molecule has 4 nitrogen and oxygen atoms in total. The Balaban J connectivity index is 1.55. The molecular formula is C31H58O4. The van der Waals surface area contributed by atoms with Gasteiger partial charge in [-0.3, -0.25) is 4.79 Å². The molecule has 2 saturated carbocycles. The van der Waals surface area contributed by atoms with Crippen molar-refractivity contribution in [2.75, 3.05) is 6.61 Å². The molecule has 0 heterocycles. The zero-order valence-corrected chi connectivity index (χ0v) is 23.7. The Bertz CT molecular complexity index is 585. The molecule has 2 aliphatic rings. The molecule has 206 valence electrons. The summed E-state index contributed by atoms with van der Waals surface area (Å²) in [6.45, 7) is 8.43. The van der Waals surface area contributed by atoms with Crippen LogP contribution in [0, 0.1) is 23.7 Å². The van der Waals surface area contributed by atoms with E-state index in [9.17, 15) is 15.0 Å². The van der Waals surface area contributed by atoms with E-state index in [2.05, 4.69) is 13.8 Å². The number of esters is 1. The van der Waals surface area contributed by atoms with Crippen LogP contribution < -0.4 is 0 Å². The summed E-state index contributed by atoms with van der Waals surface area (Å²) in [6, 6.07) is 0. The summed E-state index contributed by atoms with van der Waals surface area (Å²) >= 11 is 0. The molecule has 6 atom stereocenters. The summed E-state index contributed by atoms with van der Waals surface area (Å²) in [5.41, 5.74) is -1.68. The second-order valence-electron chi connectivity index (χ2n) is 12.7. The van der Waals surface area contributed by atoms with Crippen molar-refractivity contribution in [1.29, 1.82) is 0 Å². The highest BCUT2D eigenvalue weighted by Crippen LogP contribution is 2.51. The van der Waals surface area contributed by atoms with E-state index in [1.54, 1.807) is 0 Å². The third-order valence-corrected chi connectivity index (χ3v) is 9.42. The van der Waals surface area contributed by atoms with E-state index in [0.29, 0.717) is 30.6 Å². The minimum atomic E-state index is -1.03. The van der Waals surface area contributed by atoms with E-state index in [1.807, 2.05) is 13.8 Å². The molecule has 0 amide bonds. The van der Waals surface area contributed by atoms with Crippen LogP contribution in [0.1, 0.15) is 150 Å². The Hall–Kier alpha value is -0.610. The summed E-state index contributed by atoms with van der Waals surface area (Å²) in [7, 11) is 0. The Morgan fingerprint density at radius 3 is 2.03 bits per heavy atom. The van der Waals surface area contributed by atoms with Crippen molar-refractivity contribution < 1.29 is 19.7 Å². The van der Waals surface area contributed by atoms with E-state index >= 15 is 0 Å². The summed E-state index contributed by atoms with van der Waals surface area (Å²) in [6.07, 6.45) is 21.9. The van der Waals surface area contributed by atoms with Crippen LogP contribution in [0.15, 0.2) is 0 Å². The minimum Gasteiger partial charge on any atom is -0.463 e. The Labute approximate surface area is 217 Å². The lowest BCUT2D eigenvalue weighted by Crippen LogP contribution is -2.41. The van der Waals surface area contributed by atoms with Crippen LogP contribution >= 0.6 is 0 Å². The second kappa shape index (κ2) is 15.6. The van der Waals surface area contributed by atoms with E-state index in [0.717, 1.165) is 38.5 Å². The number of unbranched alkanes of at least 4 members (excludes halogenated alkanes) is 12. The summed E-state index contributed by atoms with van der Waals surface area (Å²) in [5.74, 6) is 1.25. The van der Waals surface area contributed by atoms with Gasteiger partial charge in [0.1, 0.15) is 6.61 Å². The number of hydrogen-bond acceptors (Lipinski definition) is 4. The first-order chi connectivity index (χ1) is 16.7. The van der Waals surface area contributed by atoms with Crippen molar-refractivity contribution in [1.82, 2.24) is 0 Å². The van der Waals surface area contributed by atoms with Gasteiger partial charge in [-0.25, -0.2) is 0 Å². The maximum atomic E-state index is 12.3. The lowest BCUT2D eigenvalue weighted by atomic mass is 9.76. The monoisotopic (exact) mass is 494 g/mol. The van der Waals surface area contributed by atoms with Gasteiger partial charge in [-0.15, -0.1) is 0 Å². The molecular weight excluding hydrogens is 436 g/mol. The predicted octanol–water partition coefficient (Wildman–Crippen LogP) is 7.98. The number of carbonyl (C=O) groups excluding carboxylic acids is 1. The van der Waals surface area contributed by atoms with E-state index in [1.165, 1.54) is 70.6 Å². The van der Waals surface area contributed by atoms with Crippen LogP contribution in [0.25, 0.3) is 0 Å². The molecule has 0 aromatic carbocycles. The summed E-state index contributed by atoms with van der Waals surface area (Å²) < 4.78 is 5.55. The summed E-state index contributed by atoms with van der Waals surface area (Å²) in [4.78, 5) is 12.3. The molecule has 0 spiro atoms. The highest BCUT2D eigenvalue weighted by Gasteiger charge is 2.49. The smallest absolute Gasteiger partial charge is 0.305 e. The maximum Gasteiger partial charge on any atom is 0.305 e. The van der Waals surface area contributed by atoms with E-state index < -0.39 is 11.2 Å². The quantitative estimate of drug-likeness (QED) is 0.159. The zero-order valence-electron chi connectivity index (χ0n) is 23.7. The van der Waals surface area contributed by atoms with E-state index in [-0.39, 0.29) is 18.5 Å². The van der Waals surface area contributed by atoms with Crippen molar-refractivity contribution in [2.24, 2.45) is 23.7 Å². The third kappa shape index (κ3) is 10.7. The molecule has 2 N–H and O–H groups in total. The third-order valence-electron chi connectivity index (χ3n) is 9.42. The van der Waals surface area contributed by atoms with Crippen LogP contribution in [-0.4, -0.2) is 34.0 Å². The SMILES string of the molecule is CCCCCCCCCCCCCCCC(=O)OC[C@@](C)(O)[C@H]1CC[C@@](C)(O)[C@H]2CC[C@@H](C)[C@H]2C1. The van der Waals surface area contributed by atoms with Crippen LogP contribution in [0.2, 0.25) is 0 Å². The first-order valence-corrected chi connectivity index (χ1v) is 15.3. The fraction of sp³-hybridized carbons (Fsp3) is 0.968.